The second kappa shape index (κ2) is 15.4. The highest BCUT2D eigenvalue weighted by molar-refractivity contribution is 7.98. The molecule has 0 spiro atoms. The minimum atomic E-state index is -0.591. The van der Waals surface area contributed by atoms with Crippen molar-refractivity contribution in [2.24, 2.45) is 0 Å². The standard InChI is InChI=1S/C33H40N2O3S/c1-38-30-19-11-16-28(22-30)24-35(32(36)20-21-39-25-27-14-7-3-8-15-27)31(23-26-12-5-2-6-13-26)33(37)34-29-17-9-4-10-18-29/h2-3,5-8,11-16,19,22,29,31H,4,9-10,17-18,20-21,23-25H2,1H3,(H,34,37). The number of rotatable bonds is 13. The van der Waals surface area contributed by atoms with Crippen molar-refractivity contribution in [3.8, 4) is 5.75 Å². The Balaban J connectivity index is 1.54. The van der Waals surface area contributed by atoms with Crippen LogP contribution in [0.1, 0.15) is 55.2 Å². The third-order valence-electron chi connectivity index (χ3n) is 7.28. The van der Waals surface area contributed by atoms with Gasteiger partial charge in [0.05, 0.1) is 7.11 Å². The summed E-state index contributed by atoms with van der Waals surface area (Å²) in [4.78, 5) is 29.5. The van der Waals surface area contributed by atoms with Gasteiger partial charge < -0.3 is 15.0 Å². The number of carbonyl (C=O) groups is 2. The predicted molar refractivity (Wildman–Crippen MR) is 160 cm³/mol. The van der Waals surface area contributed by atoms with Gasteiger partial charge in [0.1, 0.15) is 11.8 Å². The Morgan fingerprint density at radius 3 is 2.26 bits per heavy atom. The Kier molecular flexibility index (Phi) is 11.3. The molecule has 1 N–H and O–H groups in total. The maximum atomic E-state index is 13.9. The summed E-state index contributed by atoms with van der Waals surface area (Å²) in [5, 5.41) is 3.31. The Bertz CT molecular complexity index is 1170. The fraction of sp³-hybridized carbons (Fsp3) is 0.394. The topological polar surface area (TPSA) is 58.6 Å². The van der Waals surface area contributed by atoms with E-state index in [2.05, 4.69) is 17.4 Å². The number of methoxy groups -OCH3 is 1. The van der Waals surface area contributed by atoms with Gasteiger partial charge in [0, 0.05) is 36.9 Å². The van der Waals surface area contributed by atoms with Crippen LogP contribution in [-0.4, -0.2) is 41.7 Å². The number of hydrogen-bond donors (Lipinski definition) is 1. The molecule has 0 bridgehead atoms. The average molecular weight is 545 g/mol. The zero-order valence-electron chi connectivity index (χ0n) is 22.9. The van der Waals surface area contributed by atoms with E-state index in [1.54, 1.807) is 23.8 Å². The van der Waals surface area contributed by atoms with Crippen molar-refractivity contribution < 1.29 is 14.3 Å². The molecule has 1 fully saturated rings. The van der Waals surface area contributed by atoms with Crippen LogP contribution < -0.4 is 10.1 Å². The summed E-state index contributed by atoms with van der Waals surface area (Å²) in [6.45, 7) is 0.356. The van der Waals surface area contributed by atoms with Crippen molar-refractivity contribution in [2.75, 3.05) is 12.9 Å². The highest BCUT2D eigenvalue weighted by Crippen LogP contribution is 2.22. The van der Waals surface area contributed by atoms with Crippen LogP contribution in [0.4, 0.5) is 0 Å². The van der Waals surface area contributed by atoms with Gasteiger partial charge in [-0.15, -0.1) is 0 Å². The number of amides is 2. The highest BCUT2D eigenvalue weighted by atomic mass is 32.2. The average Bonchev–Trinajstić information content (AvgIpc) is 2.98. The molecule has 39 heavy (non-hydrogen) atoms. The molecule has 0 radical (unpaired) electrons. The van der Waals surface area contributed by atoms with Crippen LogP contribution in [0.5, 0.6) is 5.75 Å². The number of ether oxygens (including phenoxy) is 1. The summed E-state index contributed by atoms with van der Waals surface area (Å²) in [5.41, 5.74) is 3.24. The van der Waals surface area contributed by atoms with Crippen molar-refractivity contribution in [3.63, 3.8) is 0 Å². The zero-order valence-corrected chi connectivity index (χ0v) is 23.7. The van der Waals surface area contributed by atoms with Gasteiger partial charge in [-0.05, 0) is 41.7 Å². The minimum Gasteiger partial charge on any atom is -0.497 e. The first-order chi connectivity index (χ1) is 19.1. The Hall–Kier alpha value is -3.25. The van der Waals surface area contributed by atoms with E-state index in [4.69, 9.17) is 4.74 Å². The molecule has 1 atom stereocenters. The molecular formula is C33H40N2O3S. The number of nitrogens with one attached hydrogen (secondary N) is 1. The van der Waals surface area contributed by atoms with E-state index < -0.39 is 6.04 Å². The maximum absolute atomic E-state index is 13.9. The molecule has 0 aliphatic heterocycles. The first-order valence-corrected chi connectivity index (χ1v) is 15.2. The molecule has 3 aromatic carbocycles. The van der Waals surface area contributed by atoms with Crippen molar-refractivity contribution in [3.05, 3.63) is 102 Å². The van der Waals surface area contributed by atoms with Crippen LogP contribution in [0.25, 0.3) is 0 Å². The lowest BCUT2D eigenvalue weighted by molar-refractivity contribution is -0.141. The van der Waals surface area contributed by atoms with Gasteiger partial charge in [0.15, 0.2) is 0 Å². The lowest BCUT2D eigenvalue weighted by atomic mass is 9.94. The summed E-state index contributed by atoms with van der Waals surface area (Å²) < 4.78 is 5.44. The summed E-state index contributed by atoms with van der Waals surface area (Å²) in [6.07, 6.45) is 6.36. The second-order valence-electron chi connectivity index (χ2n) is 10.2. The number of thioether (sulfide) groups is 1. The molecule has 1 aliphatic carbocycles. The molecule has 0 saturated heterocycles. The lowest BCUT2D eigenvalue weighted by Gasteiger charge is -2.33. The molecule has 2 amide bonds. The summed E-state index contributed by atoms with van der Waals surface area (Å²) >= 11 is 1.75. The van der Waals surface area contributed by atoms with Crippen LogP contribution in [0.3, 0.4) is 0 Å². The van der Waals surface area contributed by atoms with Crippen LogP contribution in [0.15, 0.2) is 84.9 Å². The van der Waals surface area contributed by atoms with Crippen molar-refractivity contribution in [2.45, 2.75) is 69.3 Å². The summed E-state index contributed by atoms with van der Waals surface area (Å²) in [6, 6.07) is 27.7. The normalized spacial score (nSPS) is 14.4. The van der Waals surface area contributed by atoms with Gasteiger partial charge in [-0.25, -0.2) is 0 Å². The van der Waals surface area contributed by atoms with Crippen LogP contribution in [0.2, 0.25) is 0 Å². The number of nitrogens with zero attached hydrogens (tertiary/aromatic N) is 1. The van der Waals surface area contributed by atoms with E-state index in [-0.39, 0.29) is 17.9 Å². The Labute approximate surface area is 237 Å². The van der Waals surface area contributed by atoms with Crippen molar-refractivity contribution >= 4 is 23.6 Å². The molecule has 0 aromatic heterocycles. The Morgan fingerprint density at radius 1 is 0.897 bits per heavy atom. The maximum Gasteiger partial charge on any atom is 0.243 e. The first-order valence-electron chi connectivity index (χ1n) is 14.0. The molecule has 1 saturated carbocycles. The molecule has 0 heterocycles. The highest BCUT2D eigenvalue weighted by Gasteiger charge is 2.31. The van der Waals surface area contributed by atoms with E-state index in [1.165, 1.54) is 12.0 Å². The molecule has 5 nitrogen and oxygen atoms in total. The van der Waals surface area contributed by atoms with E-state index in [0.29, 0.717) is 25.1 Å². The third kappa shape index (κ3) is 9.17. The van der Waals surface area contributed by atoms with Crippen molar-refractivity contribution in [1.82, 2.24) is 10.2 Å². The van der Waals surface area contributed by atoms with Gasteiger partial charge in [-0.2, -0.15) is 11.8 Å². The summed E-state index contributed by atoms with van der Waals surface area (Å²) in [5.74, 6) is 2.24. The van der Waals surface area contributed by atoms with E-state index in [0.717, 1.165) is 48.3 Å². The smallest absolute Gasteiger partial charge is 0.243 e. The van der Waals surface area contributed by atoms with E-state index in [1.807, 2.05) is 72.8 Å². The monoisotopic (exact) mass is 544 g/mol. The van der Waals surface area contributed by atoms with Crippen molar-refractivity contribution in [1.29, 1.82) is 0 Å². The molecule has 206 valence electrons. The molecule has 3 aromatic rings. The van der Waals surface area contributed by atoms with Crippen LogP contribution in [0, 0.1) is 0 Å². The van der Waals surface area contributed by atoms with Gasteiger partial charge in [-0.3, -0.25) is 9.59 Å². The zero-order chi connectivity index (χ0) is 27.3. The van der Waals surface area contributed by atoms with E-state index >= 15 is 0 Å². The lowest BCUT2D eigenvalue weighted by Crippen LogP contribution is -2.52. The van der Waals surface area contributed by atoms with Gasteiger partial charge in [0.25, 0.3) is 0 Å². The number of hydrogen-bond acceptors (Lipinski definition) is 4. The quantitative estimate of drug-likeness (QED) is 0.253. The minimum absolute atomic E-state index is 0.00175. The Morgan fingerprint density at radius 2 is 1.56 bits per heavy atom. The fourth-order valence-electron chi connectivity index (χ4n) is 5.13. The number of carbonyl (C=O) groups excluding carboxylic acids is 2. The SMILES string of the molecule is COc1cccc(CN(C(=O)CCSCc2ccccc2)C(Cc2ccccc2)C(=O)NC2CCCCC2)c1. The summed E-state index contributed by atoms with van der Waals surface area (Å²) in [7, 11) is 1.64. The largest absolute Gasteiger partial charge is 0.497 e. The molecular weight excluding hydrogens is 504 g/mol. The van der Waals surface area contributed by atoms with Crippen LogP contribution >= 0.6 is 11.8 Å². The molecule has 6 heteroatoms. The molecule has 1 unspecified atom stereocenters. The van der Waals surface area contributed by atoms with Crippen LogP contribution in [-0.2, 0) is 28.3 Å². The fourth-order valence-corrected chi connectivity index (χ4v) is 6.02. The van der Waals surface area contributed by atoms with Gasteiger partial charge in [0.2, 0.25) is 11.8 Å². The predicted octanol–water partition coefficient (Wildman–Crippen LogP) is 6.41. The molecule has 1 aliphatic rings. The molecule has 4 rings (SSSR count). The third-order valence-corrected chi connectivity index (χ3v) is 8.31. The van der Waals surface area contributed by atoms with Gasteiger partial charge >= 0.3 is 0 Å². The number of benzene rings is 3. The van der Waals surface area contributed by atoms with Gasteiger partial charge in [-0.1, -0.05) is 92.1 Å². The van der Waals surface area contributed by atoms with E-state index in [9.17, 15) is 9.59 Å². The first kappa shape index (κ1) is 28.8. The second-order valence-corrected chi connectivity index (χ2v) is 11.3.